The van der Waals surface area contributed by atoms with E-state index in [2.05, 4.69) is 97.1 Å². The molecule has 7 rings (SSSR count). The van der Waals surface area contributed by atoms with Crippen molar-refractivity contribution in [3.8, 4) is 22.3 Å². The number of hydrogen-bond donors (Lipinski definition) is 0. The zero-order chi connectivity index (χ0) is 18.2. The minimum Gasteiger partial charge on any atom is -0.0616 e. The molecule has 0 nitrogen and oxygen atoms in total. The smallest absolute Gasteiger partial charge is 0.00199 e. The van der Waals surface area contributed by atoms with Crippen LogP contribution in [0.2, 0.25) is 0 Å². The average Bonchev–Trinajstić information content (AvgIpc) is 3.06. The van der Waals surface area contributed by atoms with Crippen LogP contribution in [0.3, 0.4) is 0 Å². The first-order valence-corrected chi connectivity index (χ1v) is 9.79. The first-order chi connectivity index (χ1) is 13.9. The van der Waals surface area contributed by atoms with E-state index in [0.717, 1.165) is 0 Å². The van der Waals surface area contributed by atoms with Gasteiger partial charge >= 0.3 is 0 Å². The highest BCUT2D eigenvalue weighted by Gasteiger charge is 2.23. The van der Waals surface area contributed by atoms with Gasteiger partial charge in [0.1, 0.15) is 0 Å². The Morgan fingerprint density at radius 2 is 1.00 bits per heavy atom. The predicted molar refractivity (Wildman–Crippen MR) is 121 cm³/mol. The third-order valence-corrected chi connectivity index (χ3v) is 6.35. The van der Waals surface area contributed by atoms with Crippen LogP contribution in [0.1, 0.15) is 0 Å². The SMILES string of the molecule is c1ccc2cc3c(cc2c1)-c1cccc2c1c-3cc1c3ccccc3ccc21. The molecule has 0 amide bonds. The summed E-state index contributed by atoms with van der Waals surface area (Å²) in [6.07, 6.45) is 0. The van der Waals surface area contributed by atoms with Crippen molar-refractivity contribution < 1.29 is 0 Å². The first-order valence-electron chi connectivity index (χ1n) is 9.79. The van der Waals surface area contributed by atoms with Gasteiger partial charge in [-0.3, -0.25) is 0 Å². The molecule has 0 aliphatic heterocycles. The Morgan fingerprint density at radius 1 is 0.321 bits per heavy atom. The van der Waals surface area contributed by atoms with E-state index in [1.165, 1.54) is 65.3 Å². The zero-order valence-electron chi connectivity index (χ0n) is 15.2. The molecule has 0 radical (unpaired) electrons. The Bertz CT molecular complexity index is 1600. The molecule has 0 saturated carbocycles. The third-order valence-electron chi connectivity index (χ3n) is 6.35. The standard InChI is InChI=1S/C28H16/c1-2-8-19-15-25-24(14-18(19)7-1)23-11-5-10-22-21-13-12-17-6-3-4-9-20(17)26(21)16-27(25)28(22)23/h1-16H. The minimum atomic E-state index is 1.30. The van der Waals surface area contributed by atoms with E-state index in [-0.39, 0.29) is 0 Å². The molecule has 6 aromatic carbocycles. The van der Waals surface area contributed by atoms with E-state index in [4.69, 9.17) is 0 Å². The summed E-state index contributed by atoms with van der Waals surface area (Å²) in [5, 5.41) is 10.7. The first kappa shape index (κ1) is 14.4. The van der Waals surface area contributed by atoms with Gasteiger partial charge in [0.15, 0.2) is 0 Å². The fraction of sp³-hybridized carbons (Fsp3) is 0. The molecule has 0 spiro atoms. The van der Waals surface area contributed by atoms with Crippen molar-refractivity contribution in [1.82, 2.24) is 0 Å². The summed E-state index contributed by atoms with van der Waals surface area (Å²) in [6, 6.07) is 35.9. The molecule has 0 saturated heterocycles. The maximum atomic E-state index is 2.42. The van der Waals surface area contributed by atoms with Crippen molar-refractivity contribution in [1.29, 1.82) is 0 Å². The predicted octanol–water partition coefficient (Wildman–Crippen LogP) is 7.95. The van der Waals surface area contributed by atoms with Gasteiger partial charge < -0.3 is 0 Å². The average molecular weight is 352 g/mol. The molecule has 1 aliphatic carbocycles. The molecule has 0 fully saturated rings. The lowest BCUT2D eigenvalue weighted by Gasteiger charge is -2.10. The van der Waals surface area contributed by atoms with Gasteiger partial charge in [0.05, 0.1) is 0 Å². The number of benzene rings is 6. The zero-order valence-corrected chi connectivity index (χ0v) is 15.2. The molecule has 0 heterocycles. The summed E-state index contributed by atoms with van der Waals surface area (Å²) in [5.41, 5.74) is 5.46. The van der Waals surface area contributed by atoms with Crippen molar-refractivity contribution in [2.24, 2.45) is 0 Å². The highest BCUT2D eigenvalue weighted by molar-refractivity contribution is 6.27. The maximum absolute atomic E-state index is 2.42. The van der Waals surface area contributed by atoms with E-state index < -0.39 is 0 Å². The molecule has 0 aromatic heterocycles. The lowest BCUT2D eigenvalue weighted by molar-refractivity contribution is 1.73. The van der Waals surface area contributed by atoms with Crippen LogP contribution in [0.25, 0.3) is 65.3 Å². The Hall–Kier alpha value is -3.64. The van der Waals surface area contributed by atoms with Crippen LogP contribution in [0.4, 0.5) is 0 Å². The van der Waals surface area contributed by atoms with Gasteiger partial charge in [-0.25, -0.2) is 0 Å². The van der Waals surface area contributed by atoms with Crippen LogP contribution in [-0.4, -0.2) is 0 Å². The van der Waals surface area contributed by atoms with Crippen molar-refractivity contribution in [3.05, 3.63) is 97.1 Å². The lowest BCUT2D eigenvalue weighted by atomic mass is 9.93. The molecular weight excluding hydrogens is 336 g/mol. The fourth-order valence-corrected chi connectivity index (χ4v) is 5.09. The molecule has 0 unspecified atom stereocenters. The summed E-state index contributed by atoms with van der Waals surface area (Å²) >= 11 is 0. The molecule has 0 atom stereocenters. The van der Waals surface area contributed by atoms with E-state index in [1.54, 1.807) is 0 Å². The van der Waals surface area contributed by atoms with Gasteiger partial charge in [0, 0.05) is 0 Å². The van der Waals surface area contributed by atoms with Crippen molar-refractivity contribution in [3.63, 3.8) is 0 Å². The maximum Gasteiger partial charge on any atom is -0.00199 e. The van der Waals surface area contributed by atoms with E-state index in [1.807, 2.05) is 0 Å². The highest BCUT2D eigenvalue weighted by Crippen LogP contribution is 2.51. The van der Waals surface area contributed by atoms with E-state index in [0.29, 0.717) is 0 Å². The van der Waals surface area contributed by atoms with Gasteiger partial charge in [-0.15, -0.1) is 0 Å². The Morgan fingerprint density at radius 3 is 1.82 bits per heavy atom. The van der Waals surface area contributed by atoms with Gasteiger partial charge in [-0.05, 0) is 83.5 Å². The van der Waals surface area contributed by atoms with E-state index >= 15 is 0 Å². The van der Waals surface area contributed by atoms with Gasteiger partial charge in [-0.2, -0.15) is 0 Å². The number of rotatable bonds is 0. The molecule has 1 aliphatic rings. The van der Waals surface area contributed by atoms with Crippen LogP contribution in [0.15, 0.2) is 97.1 Å². The summed E-state index contributed by atoms with van der Waals surface area (Å²) in [7, 11) is 0. The Balaban J connectivity index is 1.73. The van der Waals surface area contributed by atoms with Crippen LogP contribution in [0.5, 0.6) is 0 Å². The van der Waals surface area contributed by atoms with Crippen molar-refractivity contribution in [2.45, 2.75) is 0 Å². The van der Waals surface area contributed by atoms with Crippen LogP contribution in [0, 0.1) is 0 Å². The Kier molecular flexibility index (Phi) is 2.57. The monoisotopic (exact) mass is 352 g/mol. The topological polar surface area (TPSA) is 0 Å². The number of hydrogen-bond acceptors (Lipinski definition) is 0. The molecule has 0 N–H and O–H groups in total. The minimum absolute atomic E-state index is 1.30. The quantitative estimate of drug-likeness (QED) is 0.243. The second kappa shape index (κ2) is 4.99. The summed E-state index contributed by atoms with van der Waals surface area (Å²) in [6.45, 7) is 0. The van der Waals surface area contributed by atoms with Crippen molar-refractivity contribution >= 4 is 43.1 Å². The molecule has 6 aromatic rings. The second-order valence-corrected chi connectivity index (χ2v) is 7.78. The molecule has 28 heavy (non-hydrogen) atoms. The second-order valence-electron chi connectivity index (χ2n) is 7.78. The molecular formula is C28H16. The third kappa shape index (κ3) is 1.70. The highest BCUT2D eigenvalue weighted by atomic mass is 14.3. The van der Waals surface area contributed by atoms with Crippen LogP contribution >= 0.6 is 0 Å². The normalized spacial score (nSPS) is 12.3. The van der Waals surface area contributed by atoms with Gasteiger partial charge in [-0.1, -0.05) is 78.9 Å². The summed E-state index contributed by atoms with van der Waals surface area (Å²) < 4.78 is 0. The van der Waals surface area contributed by atoms with Crippen LogP contribution < -0.4 is 0 Å². The lowest BCUT2D eigenvalue weighted by Crippen LogP contribution is -1.83. The van der Waals surface area contributed by atoms with E-state index in [9.17, 15) is 0 Å². The van der Waals surface area contributed by atoms with Crippen molar-refractivity contribution in [2.75, 3.05) is 0 Å². The summed E-state index contributed by atoms with van der Waals surface area (Å²) in [4.78, 5) is 0. The van der Waals surface area contributed by atoms with Gasteiger partial charge in [0.25, 0.3) is 0 Å². The summed E-state index contributed by atoms with van der Waals surface area (Å²) in [5.74, 6) is 0. The Labute approximate surface area is 162 Å². The molecule has 0 heteroatoms. The molecule has 128 valence electrons. The fourth-order valence-electron chi connectivity index (χ4n) is 5.09. The number of fused-ring (bicyclic) bond motifs is 8. The van der Waals surface area contributed by atoms with Gasteiger partial charge in [0.2, 0.25) is 0 Å². The van der Waals surface area contributed by atoms with Crippen LogP contribution in [-0.2, 0) is 0 Å². The molecule has 0 bridgehead atoms. The largest absolute Gasteiger partial charge is 0.0616 e.